The molecule has 3 aliphatic rings. The van der Waals surface area contributed by atoms with E-state index in [9.17, 15) is 0 Å². The molecule has 1 aromatic carbocycles. The molecule has 0 heterocycles. The maximum atomic E-state index is 2.51. The first-order chi connectivity index (χ1) is 8.06. The van der Waals surface area contributed by atoms with Gasteiger partial charge in [-0.05, 0) is 40.7 Å². The summed E-state index contributed by atoms with van der Waals surface area (Å²) in [5.74, 6) is 2.40. The van der Waals surface area contributed by atoms with Gasteiger partial charge in [-0.15, -0.1) is 0 Å². The number of hydrogen-bond acceptors (Lipinski definition) is 0. The van der Waals surface area contributed by atoms with E-state index in [2.05, 4.69) is 57.2 Å². The molecule has 1 aromatic rings. The van der Waals surface area contributed by atoms with E-state index in [-0.39, 0.29) is 0 Å². The summed E-state index contributed by atoms with van der Waals surface area (Å²) in [5.41, 5.74) is 3.98. The van der Waals surface area contributed by atoms with Crippen LogP contribution in [0.15, 0.2) is 36.4 Å². The van der Waals surface area contributed by atoms with Gasteiger partial charge in [-0.2, -0.15) is 0 Å². The van der Waals surface area contributed by atoms with Crippen LogP contribution in [-0.2, 0) is 10.8 Å². The van der Waals surface area contributed by atoms with Crippen LogP contribution in [0.25, 0.3) is 0 Å². The van der Waals surface area contributed by atoms with Crippen LogP contribution >= 0.6 is 0 Å². The highest BCUT2D eigenvalue weighted by atomic mass is 14.7. The van der Waals surface area contributed by atoms with Gasteiger partial charge in [-0.3, -0.25) is 0 Å². The second-order valence-electron chi connectivity index (χ2n) is 6.92. The standard InChI is InChI=1S/C17H20/c1-16(2)13-6-4-5-7-14(13)17(3)12-9-8-11(10-12)15(16)17/h4-9,11-12,15H,10H2,1-3H3. The average molecular weight is 224 g/mol. The SMILES string of the molecule is CC1(C)c2ccccc2C2(C)C3C=CC(C3)C12. The van der Waals surface area contributed by atoms with Crippen molar-refractivity contribution in [1.29, 1.82) is 0 Å². The van der Waals surface area contributed by atoms with Crippen molar-refractivity contribution in [3.8, 4) is 0 Å². The van der Waals surface area contributed by atoms with Crippen LogP contribution < -0.4 is 0 Å². The number of allylic oxidation sites excluding steroid dienone is 2. The van der Waals surface area contributed by atoms with Crippen LogP contribution in [0.4, 0.5) is 0 Å². The molecule has 0 spiro atoms. The summed E-state index contributed by atoms with van der Waals surface area (Å²) in [5, 5.41) is 0. The van der Waals surface area contributed by atoms with E-state index in [4.69, 9.17) is 0 Å². The molecule has 0 heteroatoms. The molecule has 1 saturated carbocycles. The summed E-state index contributed by atoms with van der Waals surface area (Å²) < 4.78 is 0. The Labute approximate surface area is 104 Å². The molecule has 0 N–H and O–H groups in total. The van der Waals surface area contributed by atoms with Crippen LogP contribution in [-0.4, -0.2) is 0 Å². The number of benzene rings is 1. The van der Waals surface area contributed by atoms with Crippen molar-refractivity contribution in [2.45, 2.75) is 38.0 Å². The molecule has 2 bridgehead atoms. The van der Waals surface area contributed by atoms with E-state index in [1.165, 1.54) is 6.42 Å². The third kappa shape index (κ3) is 0.896. The van der Waals surface area contributed by atoms with Crippen molar-refractivity contribution in [1.82, 2.24) is 0 Å². The number of fused-ring (bicyclic) bond motifs is 7. The van der Waals surface area contributed by atoms with Gasteiger partial charge in [0.05, 0.1) is 0 Å². The predicted octanol–water partition coefficient (Wildman–Crippen LogP) is 4.06. The fourth-order valence-corrected chi connectivity index (χ4v) is 5.43. The lowest BCUT2D eigenvalue weighted by atomic mass is 9.64. The lowest BCUT2D eigenvalue weighted by Crippen LogP contribution is -2.38. The molecule has 3 aliphatic carbocycles. The van der Waals surface area contributed by atoms with Gasteiger partial charge in [0.15, 0.2) is 0 Å². The van der Waals surface area contributed by atoms with E-state index in [0.717, 1.165) is 17.8 Å². The summed E-state index contributed by atoms with van der Waals surface area (Å²) in [6.45, 7) is 7.42. The Hall–Kier alpha value is -1.04. The first kappa shape index (κ1) is 9.94. The number of rotatable bonds is 0. The quantitative estimate of drug-likeness (QED) is 0.583. The van der Waals surface area contributed by atoms with Crippen molar-refractivity contribution < 1.29 is 0 Å². The summed E-state index contributed by atoms with van der Waals surface area (Å²) in [6.07, 6.45) is 6.36. The van der Waals surface area contributed by atoms with Gasteiger partial charge < -0.3 is 0 Å². The van der Waals surface area contributed by atoms with E-state index in [1.54, 1.807) is 11.1 Å². The summed E-state index contributed by atoms with van der Waals surface area (Å²) in [7, 11) is 0. The zero-order chi connectivity index (χ0) is 11.8. The summed E-state index contributed by atoms with van der Waals surface area (Å²) >= 11 is 0. The lowest BCUT2D eigenvalue weighted by Gasteiger charge is -2.39. The molecule has 88 valence electrons. The first-order valence-electron chi connectivity index (χ1n) is 6.84. The molecule has 0 nitrogen and oxygen atoms in total. The van der Waals surface area contributed by atoms with Gasteiger partial charge in [0.2, 0.25) is 0 Å². The fraction of sp³-hybridized carbons (Fsp3) is 0.529. The zero-order valence-corrected chi connectivity index (χ0v) is 10.9. The normalized spacial score (nSPS) is 43.8. The highest BCUT2D eigenvalue weighted by molar-refractivity contribution is 5.51. The molecule has 0 radical (unpaired) electrons. The average Bonchev–Trinajstić information content (AvgIpc) is 2.92. The summed E-state index contributed by atoms with van der Waals surface area (Å²) in [6, 6.07) is 9.17. The minimum Gasteiger partial charge on any atom is -0.0847 e. The van der Waals surface area contributed by atoms with Gasteiger partial charge in [0.1, 0.15) is 0 Å². The lowest BCUT2D eigenvalue weighted by molar-refractivity contribution is 0.206. The van der Waals surface area contributed by atoms with E-state index in [1.807, 2.05) is 0 Å². The molecule has 0 amide bonds. The summed E-state index contributed by atoms with van der Waals surface area (Å²) in [4.78, 5) is 0. The minimum absolute atomic E-state index is 0.343. The maximum absolute atomic E-state index is 2.51. The molecule has 4 rings (SSSR count). The van der Waals surface area contributed by atoms with Crippen LogP contribution in [0, 0.1) is 17.8 Å². The Morgan fingerprint density at radius 2 is 1.71 bits per heavy atom. The minimum atomic E-state index is 0.343. The van der Waals surface area contributed by atoms with Crippen molar-refractivity contribution in [3.63, 3.8) is 0 Å². The maximum Gasteiger partial charge on any atom is 0.00327 e. The molecule has 4 unspecified atom stereocenters. The van der Waals surface area contributed by atoms with Crippen LogP contribution in [0.3, 0.4) is 0 Å². The third-order valence-corrected chi connectivity index (χ3v) is 5.94. The Morgan fingerprint density at radius 1 is 1.00 bits per heavy atom. The largest absolute Gasteiger partial charge is 0.0847 e. The smallest absolute Gasteiger partial charge is 0.00327 e. The van der Waals surface area contributed by atoms with Crippen molar-refractivity contribution in [2.75, 3.05) is 0 Å². The van der Waals surface area contributed by atoms with Gasteiger partial charge >= 0.3 is 0 Å². The molecule has 17 heavy (non-hydrogen) atoms. The Balaban J connectivity index is 2.04. The van der Waals surface area contributed by atoms with Gasteiger partial charge in [-0.25, -0.2) is 0 Å². The van der Waals surface area contributed by atoms with E-state index < -0.39 is 0 Å². The highest BCUT2D eigenvalue weighted by Gasteiger charge is 2.63. The monoisotopic (exact) mass is 224 g/mol. The molecule has 4 atom stereocenters. The van der Waals surface area contributed by atoms with Crippen molar-refractivity contribution in [2.24, 2.45) is 17.8 Å². The Bertz CT molecular complexity index is 523. The van der Waals surface area contributed by atoms with Crippen LogP contribution in [0.5, 0.6) is 0 Å². The highest BCUT2D eigenvalue weighted by Crippen LogP contribution is 2.67. The Morgan fingerprint density at radius 3 is 2.47 bits per heavy atom. The molecule has 0 aromatic heterocycles. The van der Waals surface area contributed by atoms with Gasteiger partial charge in [-0.1, -0.05) is 57.2 Å². The van der Waals surface area contributed by atoms with Crippen molar-refractivity contribution in [3.05, 3.63) is 47.5 Å². The van der Waals surface area contributed by atoms with Gasteiger partial charge in [0, 0.05) is 5.41 Å². The predicted molar refractivity (Wildman–Crippen MR) is 71.0 cm³/mol. The van der Waals surface area contributed by atoms with Crippen molar-refractivity contribution >= 4 is 0 Å². The molecule has 1 fully saturated rings. The number of hydrogen-bond donors (Lipinski definition) is 0. The van der Waals surface area contributed by atoms with Crippen LogP contribution in [0.1, 0.15) is 38.3 Å². The second kappa shape index (κ2) is 2.68. The molecular weight excluding hydrogens is 204 g/mol. The zero-order valence-electron chi connectivity index (χ0n) is 10.9. The second-order valence-corrected chi connectivity index (χ2v) is 6.92. The van der Waals surface area contributed by atoms with Crippen LogP contribution in [0.2, 0.25) is 0 Å². The van der Waals surface area contributed by atoms with E-state index >= 15 is 0 Å². The van der Waals surface area contributed by atoms with E-state index in [0.29, 0.717) is 10.8 Å². The molecular formula is C17H20. The third-order valence-electron chi connectivity index (χ3n) is 5.94. The van der Waals surface area contributed by atoms with Gasteiger partial charge in [0.25, 0.3) is 0 Å². The topological polar surface area (TPSA) is 0 Å². The molecule has 0 saturated heterocycles. The first-order valence-corrected chi connectivity index (χ1v) is 6.84. The molecule has 0 aliphatic heterocycles. The Kier molecular flexibility index (Phi) is 1.57. The fourth-order valence-electron chi connectivity index (χ4n) is 5.43.